The zero-order chi connectivity index (χ0) is 28.5. The van der Waals surface area contributed by atoms with E-state index in [1.54, 1.807) is 0 Å². The third kappa shape index (κ3) is 15.0. The van der Waals surface area contributed by atoms with Crippen LogP contribution in [0.2, 0.25) is 0 Å². The molecule has 218 valence electrons. The standard InChI is InChI=1S/2C12H20N2O2.2CNS.Ru/c2*1-8-2-4-13-10(6-8)11-7-9(12(15)16)3-5-14-11;2*2-1-3;/h2*8-11H,2-7H2,1H3,(H,15,16);;;/q2*-2;2*-1;+6. The van der Waals surface area contributed by atoms with Crippen molar-refractivity contribution < 1.29 is 39.3 Å². The van der Waals surface area contributed by atoms with E-state index in [1.807, 2.05) is 0 Å². The van der Waals surface area contributed by atoms with Crippen LogP contribution in [0.4, 0.5) is 0 Å². The van der Waals surface area contributed by atoms with E-state index in [4.69, 9.17) is 21.0 Å². The molecule has 39 heavy (non-hydrogen) atoms. The van der Waals surface area contributed by atoms with Crippen molar-refractivity contribution in [1.29, 1.82) is 0 Å². The van der Waals surface area contributed by atoms with Gasteiger partial charge in [-0.2, -0.15) is 34.5 Å². The third-order valence-electron chi connectivity index (χ3n) is 7.58. The molecular formula is C26H40N6O4RuS2. The first-order valence-corrected chi connectivity index (χ1v) is 14.1. The molecule has 0 aromatic carbocycles. The second-order valence-electron chi connectivity index (χ2n) is 10.5. The summed E-state index contributed by atoms with van der Waals surface area (Å²) in [5, 5.41) is 53.4. The van der Waals surface area contributed by atoms with Crippen molar-refractivity contribution in [1.82, 2.24) is 0 Å². The minimum Gasteiger partial charge on any atom is -0.753 e. The molecule has 0 radical (unpaired) electrons. The van der Waals surface area contributed by atoms with Crippen LogP contribution in [0.15, 0.2) is 0 Å². The Kier molecular flexibility index (Phi) is 21.2. The minimum absolute atomic E-state index is 0. The molecule has 10 nitrogen and oxygen atoms in total. The van der Waals surface area contributed by atoms with Crippen molar-refractivity contribution in [2.45, 2.75) is 89.4 Å². The van der Waals surface area contributed by atoms with Gasteiger partial charge in [-0.25, -0.2) is 0 Å². The molecule has 4 fully saturated rings. The molecule has 8 unspecified atom stereocenters. The summed E-state index contributed by atoms with van der Waals surface area (Å²) in [5.41, 5.74) is 0. The van der Waals surface area contributed by atoms with E-state index in [9.17, 15) is 9.59 Å². The van der Waals surface area contributed by atoms with Gasteiger partial charge in [0.2, 0.25) is 0 Å². The van der Waals surface area contributed by atoms with Gasteiger partial charge in [0.25, 0.3) is 0 Å². The summed E-state index contributed by atoms with van der Waals surface area (Å²) in [5.74, 6) is -0.303. The molecule has 0 amide bonds. The largest absolute Gasteiger partial charge is 6.00 e. The van der Waals surface area contributed by atoms with Crippen molar-refractivity contribution in [3.05, 3.63) is 32.1 Å². The van der Waals surface area contributed by atoms with E-state index in [-0.39, 0.29) is 55.5 Å². The van der Waals surface area contributed by atoms with Crippen molar-refractivity contribution in [2.24, 2.45) is 23.7 Å². The Hall–Kier alpha value is -0.997. The van der Waals surface area contributed by atoms with Gasteiger partial charge in [0.15, 0.2) is 0 Å². The average molecular weight is 666 g/mol. The summed E-state index contributed by atoms with van der Waals surface area (Å²) in [6, 6.07) is 0.895. The minimum atomic E-state index is -0.663. The number of aliphatic carboxylic acids is 2. The van der Waals surface area contributed by atoms with Gasteiger partial charge < -0.3 is 42.3 Å². The smallest absolute Gasteiger partial charge is 0.753 e. The number of isothiocyanates is 2. The van der Waals surface area contributed by atoms with Gasteiger partial charge >= 0.3 is 31.4 Å². The molecule has 2 N–H and O–H groups in total. The molecule has 13 heteroatoms. The van der Waals surface area contributed by atoms with Gasteiger partial charge in [0.1, 0.15) is 0 Å². The summed E-state index contributed by atoms with van der Waals surface area (Å²) in [4.78, 5) is 21.9. The van der Waals surface area contributed by atoms with Crippen molar-refractivity contribution >= 4 is 46.7 Å². The quantitative estimate of drug-likeness (QED) is 0.208. The molecule has 0 saturated carbocycles. The number of carboxylic acid groups (broad SMARTS) is 2. The van der Waals surface area contributed by atoms with Crippen molar-refractivity contribution in [3.8, 4) is 0 Å². The van der Waals surface area contributed by atoms with E-state index in [0.717, 1.165) is 25.9 Å². The van der Waals surface area contributed by atoms with Crippen LogP contribution < -0.4 is 0 Å². The van der Waals surface area contributed by atoms with Crippen LogP contribution in [0.1, 0.15) is 65.2 Å². The van der Waals surface area contributed by atoms with Crippen LogP contribution in [0, 0.1) is 23.7 Å². The van der Waals surface area contributed by atoms with Crippen LogP contribution in [-0.4, -0.2) is 82.8 Å². The predicted molar refractivity (Wildman–Crippen MR) is 157 cm³/mol. The number of carboxylic acids is 2. The van der Waals surface area contributed by atoms with Crippen LogP contribution in [0.25, 0.3) is 32.1 Å². The van der Waals surface area contributed by atoms with E-state index >= 15 is 0 Å². The van der Waals surface area contributed by atoms with Crippen LogP contribution >= 0.6 is 24.4 Å². The van der Waals surface area contributed by atoms with Crippen molar-refractivity contribution in [3.63, 3.8) is 0 Å². The first kappa shape index (κ1) is 38.0. The van der Waals surface area contributed by atoms with Crippen molar-refractivity contribution in [2.75, 3.05) is 26.2 Å². The van der Waals surface area contributed by atoms with Gasteiger partial charge in [-0.3, -0.25) is 9.59 Å². The maximum atomic E-state index is 11.0. The second kappa shape index (κ2) is 21.7. The summed E-state index contributed by atoms with van der Waals surface area (Å²) < 4.78 is 0. The first-order chi connectivity index (χ1) is 18.2. The Labute approximate surface area is 256 Å². The third-order valence-corrected chi connectivity index (χ3v) is 7.58. The number of piperidine rings is 4. The molecule has 0 aromatic rings. The number of hydrogen-bond acceptors (Lipinski definition) is 4. The summed E-state index contributed by atoms with van der Waals surface area (Å²) in [6.45, 7) is 7.74. The maximum absolute atomic E-state index is 11.0. The number of nitrogens with zero attached hydrogens (tertiary/aromatic N) is 6. The Morgan fingerprint density at radius 2 is 0.897 bits per heavy atom. The Balaban J connectivity index is 0.000000604. The zero-order valence-electron chi connectivity index (χ0n) is 22.7. The van der Waals surface area contributed by atoms with E-state index in [2.05, 4.69) is 59.6 Å². The zero-order valence-corrected chi connectivity index (χ0v) is 26.0. The molecule has 4 heterocycles. The molecule has 0 aliphatic carbocycles. The monoisotopic (exact) mass is 666 g/mol. The fourth-order valence-corrected chi connectivity index (χ4v) is 5.45. The Morgan fingerprint density at radius 1 is 0.641 bits per heavy atom. The van der Waals surface area contributed by atoms with Gasteiger partial charge in [-0.1, -0.05) is 89.6 Å². The summed E-state index contributed by atoms with van der Waals surface area (Å²) in [7, 11) is 0. The number of carbonyl (C=O) groups is 2. The van der Waals surface area contributed by atoms with Gasteiger partial charge in [-0.05, 0) is 11.8 Å². The second-order valence-corrected chi connectivity index (χ2v) is 10.8. The van der Waals surface area contributed by atoms with Gasteiger partial charge in [0, 0.05) is 0 Å². The number of thiocarbonyl (C=S) groups is 2. The number of rotatable bonds is 4. The Morgan fingerprint density at radius 3 is 1.15 bits per heavy atom. The van der Waals surface area contributed by atoms with Crippen LogP contribution in [0.5, 0.6) is 0 Å². The van der Waals surface area contributed by atoms with Crippen LogP contribution in [0.3, 0.4) is 0 Å². The van der Waals surface area contributed by atoms with E-state index < -0.39 is 11.9 Å². The molecule has 4 saturated heterocycles. The fraction of sp³-hybridized carbons (Fsp3) is 0.846. The normalized spacial score (nSPS) is 33.7. The maximum Gasteiger partial charge on any atom is 6.00 e. The first-order valence-electron chi connectivity index (χ1n) is 13.3. The van der Waals surface area contributed by atoms with E-state index in [1.165, 1.54) is 23.2 Å². The van der Waals surface area contributed by atoms with Gasteiger partial charge in [0.05, 0.1) is 11.8 Å². The summed E-state index contributed by atoms with van der Waals surface area (Å²) in [6.07, 6.45) is 7.30. The molecule has 4 aliphatic heterocycles. The SMILES string of the molecule is CC1CC[N-]C(C2CC(C(=O)O)CC[N-]2)C1.CC1CC[N-]C(C2CC(C(=O)O)CC[N-]2)C1.[N-]=C=S.[N-]=C=S.[Ru+6]. The average Bonchev–Trinajstić information content (AvgIpc) is 2.90. The topological polar surface area (TPSA) is 176 Å². The molecular weight excluding hydrogens is 626 g/mol. The van der Waals surface area contributed by atoms with Crippen LogP contribution in [-0.2, 0) is 29.1 Å². The predicted octanol–water partition coefficient (Wildman–Crippen LogP) is 6.11. The summed E-state index contributed by atoms with van der Waals surface area (Å²) >= 11 is 7.40. The van der Waals surface area contributed by atoms with Gasteiger partial charge in [-0.15, -0.1) is 26.2 Å². The molecule has 0 bridgehead atoms. The molecule has 0 aromatic heterocycles. The number of hydrogen-bond donors (Lipinski definition) is 2. The molecule has 4 rings (SSSR count). The molecule has 8 atom stereocenters. The molecule has 0 spiro atoms. The fourth-order valence-electron chi connectivity index (χ4n) is 5.45. The molecule has 4 aliphatic rings. The Bertz CT molecular complexity index is 734. The van der Waals surface area contributed by atoms with E-state index in [0.29, 0.717) is 50.6 Å².